The number of ether oxygens (including phenoxy) is 2. The van der Waals surface area contributed by atoms with Gasteiger partial charge in [-0.2, -0.15) is 4.98 Å². The van der Waals surface area contributed by atoms with Gasteiger partial charge in [0.15, 0.2) is 16.6 Å². The van der Waals surface area contributed by atoms with Gasteiger partial charge in [0.2, 0.25) is 5.82 Å². The smallest absolute Gasteiger partial charge is 0.258 e. The third-order valence-electron chi connectivity index (χ3n) is 5.41. The molecule has 3 aromatic rings. The molecule has 0 spiro atoms. The molecule has 8 nitrogen and oxygen atoms in total. The minimum absolute atomic E-state index is 0.0451. The molecule has 1 aliphatic rings. The monoisotopic (exact) mass is 486 g/mol. The number of hydrogen-bond acceptors (Lipinski definition) is 8. The van der Waals surface area contributed by atoms with E-state index >= 15 is 0 Å². The summed E-state index contributed by atoms with van der Waals surface area (Å²) in [5, 5.41) is 20.5. The summed E-state index contributed by atoms with van der Waals surface area (Å²) in [4.78, 5) is 7.63. The van der Waals surface area contributed by atoms with E-state index in [0.717, 1.165) is 28.1 Å². The lowest BCUT2D eigenvalue weighted by atomic mass is 9.94. The maximum Gasteiger partial charge on any atom is 0.258 e. The van der Waals surface area contributed by atoms with Gasteiger partial charge in [-0.25, -0.2) is 0 Å². The van der Waals surface area contributed by atoms with Crippen LogP contribution in [-0.2, 0) is 4.74 Å². The fourth-order valence-electron chi connectivity index (χ4n) is 3.77. The van der Waals surface area contributed by atoms with Crippen LogP contribution in [0.1, 0.15) is 37.8 Å². The fourth-order valence-corrected chi connectivity index (χ4v) is 4.77. The van der Waals surface area contributed by atoms with Crippen molar-refractivity contribution >= 4 is 34.2 Å². The van der Waals surface area contributed by atoms with Crippen LogP contribution in [0.2, 0.25) is 0 Å². The first kappa shape index (κ1) is 23.2. The lowest BCUT2D eigenvalue weighted by molar-refractivity contribution is 0.141. The van der Waals surface area contributed by atoms with E-state index in [-0.39, 0.29) is 11.8 Å². The first-order valence-corrected chi connectivity index (χ1v) is 11.9. The first-order valence-electron chi connectivity index (χ1n) is 10.6. The number of benzene rings is 1. The van der Waals surface area contributed by atoms with E-state index in [0.29, 0.717) is 42.3 Å². The second kappa shape index (κ2) is 10.3. The Kier molecular flexibility index (Phi) is 7.26. The molecule has 0 saturated carbocycles. The summed E-state index contributed by atoms with van der Waals surface area (Å²) in [5.41, 5.74) is 2.52. The third-order valence-corrected chi connectivity index (χ3v) is 6.61. The van der Waals surface area contributed by atoms with E-state index in [9.17, 15) is 5.11 Å². The van der Waals surface area contributed by atoms with Crippen LogP contribution < -0.4 is 10.1 Å². The minimum Gasteiger partial charge on any atom is -0.504 e. The topological polar surface area (TPSA) is 92.9 Å². The summed E-state index contributed by atoms with van der Waals surface area (Å²) in [5.74, 6) is 1.38. The highest BCUT2D eigenvalue weighted by Crippen LogP contribution is 2.40. The van der Waals surface area contributed by atoms with E-state index in [2.05, 4.69) is 15.5 Å². The van der Waals surface area contributed by atoms with Crippen molar-refractivity contribution in [2.45, 2.75) is 26.3 Å². The number of phenols is 1. The Balaban J connectivity index is 1.74. The Morgan fingerprint density at radius 1 is 1.33 bits per heavy atom. The molecule has 0 saturated heterocycles. The van der Waals surface area contributed by atoms with Crippen molar-refractivity contribution in [1.29, 1.82) is 0 Å². The predicted octanol–water partition coefficient (Wildman–Crippen LogP) is 4.60. The number of thiocarbonyl (C=S) groups is 1. The number of phenolic OH excluding ortho intramolecular Hbond substituents is 1. The zero-order valence-corrected chi connectivity index (χ0v) is 20.3. The Morgan fingerprint density at radius 2 is 2.18 bits per heavy atom. The number of rotatable bonds is 9. The molecule has 1 aliphatic heterocycles. The number of thiophene rings is 1. The van der Waals surface area contributed by atoms with Gasteiger partial charge in [-0.3, -0.25) is 0 Å². The second-order valence-electron chi connectivity index (χ2n) is 7.42. The van der Waals surface area contributed by atoms with E-state index in [4.69, 9.17) is 26.2 Å². The molecule has 0 aliphatic carbocycles. The molecule has 174 valence electrons. The average Bonchev–Trinajstić information content (AvgIpc) is 3.50. The van der Waals surface area contributed by atoms with Crippen LogP contribution in [0.5, 0.6) is 11.5 Å². The Morgan fingerprint density at radius 3 is 2.88 bits per heavy atom. The number of nitrogens with one attached hydrogen (secondary N) is 1. The number of hydrogen-bond donors (Lipinski definition) is 2. The van der Waals surface area contributed by atoms with Crippen LogP contribution in [0.25, 0.3) is 16.3 Å². The summed E-state index contributed by atoms with van der Waals surface area (Å²) >= 11 is 7.25. The van der Waals surface area contributed by atoms with E-state index in [1.165, 1.54) is 7.11 Å². The Bertz CT molecular complexity index is 1140. The van der Waals surface area contributed by atoms with Gasteiger partial charge < -0.3 is 29.3 Å². The van der Waals surface area contributed by atoms with Crippen LogP contribution >= 0.6 is 23.6 Å². The van der Waals surface area contributed by atoms with Crippen LogP contribution in [-0.4, -0.2) is 52.1 Å². The molecule has 33 heavy (non-hydrogen) atoms. The zero-order chi connectivity index (χ0) is 23.4. The molecule has 1 aromatic carbocycles. The summed E-state index contributed by atoms with van der Waals surface area (Å²) in [7, 11) is 1.52. The fraction of sp³-hybridized carbons (Fsp3) is 0.348. The van der Waals surface area contributed by atoms with Crippen LogP contribution in [0, 0.1) is 0 Å². The molecule has 0 amide bonds. The minimum atomic E-state index is -0.380. The molecular weight excluding hydrogens is 460 g/mol. The summed E-state index contributed by atoms with van der Waals surface area (Å²) < 4.78 is 16.4. The van der Waals surface area contributed by atoms with Gasteiger partial charge in [-0.15, -0.1) is 11.3 Å². The molecule has 1 unspecified atom stereocenters. The van der Waals surface area contributed by atoms with Crippen molar-refractivity contribution in [3.8, 4) is 22.2 Å². The summed E-state index contributed by atoms with van der Waals surface area (Å²) in [6, 6.07) is 8.79. The van der Waals surface area contributed by atoms with Crippen LogP contribution in [0.3, 0.4) is 0 Å². The highest BCUT2D eigenvalue weighted by molar-refractivity contribution is 7.80. The van der Waals surface area contributed by atoms with Crippen molar-refractivity contribution in [3.63, 3.8) is 0 Å². The summed E-state index contributed by atoms with van der Waals surface area (Å²) in [6.07, 6.45) is 0.818. The third kappa shape index (κ3) is 4.87. The molecule has 2 N–H and O–H groups in total. The van der Waals surface area contributed by atoms with Crippen molar-refractivity contribution in [2.75, 3.05) is 26.9 Å². The van der Waals surface area contributed by atoms with Gasteiger partial charge in [-0.05, 0) is 61.6 Å². The highest BCUT2D eigenvalue weighted by Gasteiger charge is 2.34. The van der Waals surface area contributed by atoms with Gasteiger partial charge in [0.25, 0.3) is 5.89 Å². The first-order chi connectivity index (χ1) is 16.0. The standard InChI is InChI=1S/C23H26N4O4S2/c1-4-30-11-6-10-27-14(2)19(22-25-21(26-31-22)18-7-5-12-33-18)20(24-23(27)32)15-8-9-17(29-3)16(28)13-15/h5,7-9,12-13,20,28H,4,6,10-11H2,1-3H3,(H,24,32). The second-order valence-corrected chi connectivity index (χ2v) is 8.75. The van der Waals surface area contributed by atoms with E-state index in [1.54, 1.807) is 23.5 Å². The van der Waals surface area contributed by atoms with E-state index in [1.807, 2.05) is 42.3 Å². The maximum absolute atomic E-state index is 10.4. The number of methoxy groups -OCH3 is 1. The molecule has 10 heteroatoms. The molecule has 0 radical (unpaired) electrons. The zero-order valence-electron chi connectivity index (χ0n) is 18.7. The van der Waals surface area contributed by atoms with E-state index < -0.39 is 0 Å². The van der Waals surface area contributed by atoms with Crippen molar-refractivity contribution in [2.24, 2.45) is 0 Å². The number of nitrogens with zero attached hydrogens (tertiary/aromatic N) is 3. The summed E-state index contributed by atoms with van der Waals surface area (Å²) in [6.45, 7) is 5.99. The average molecular weight is 487 g/mol. The quantitative estimate of drug-likeness (QED) is 0.332. The number of allylic oxidation sites excluding steroid dienone is 1. The normalized spacial score (nSPS) is 16.3. The largest absolute Gasteiger partial charge is 0.504 e. The van der Waals surface area contributed by atoms with Gasteiger partial charge >= 0.3 is 0 Å². The molecule has 1 atom stereocenters. The molecule has 3 heterocycles. The lowest BCUT2D eigenvalue weighted by Crippen LogP contribution is -2.46. The van der Waals surface area contributed by atoms with Gasteiger partial charge in [-0.1, -0.05) is 17.3 Å². The van der Waals surface area contributed by atoms with Gasteiger partial charge in [0.1, 0.15) is 0 Å². The van der Waals surface area contributed by atoms with Crippen LogP contribution in [0.4, 0.5) is 0 Å². The molecule has 0 bridgehead atoms. The maximum atomic E-state index is 10.4. The Hall–Kier alpha value is -2.95. The molecular formula is C23H26N4O4S2. The SMILES string of the molecule is CCOCCCN1C(=S)NC(c2ccc(OC)c(O)c2)C(c2nc(-c3cccs3)no2)=C1C. The lowest BCUT2D eigenvalue weighted by Gasteiger charge is -2.37. The predicted molar refractivity (Wildman–Crippen MR) is 131 cm³/mol. The van der Waals surface area contributed by atoms with Crippen molar-refractivity contribution < 1.29 is 19.1 Å². The van der Waals surface area contributed by atoms with Crippen LogP contribution in [0.15, 0.2) is 45.9 Å². The van der Waals surface area contributed by atoms with Crippen molar-refractivity contribution in [1.82, 2.24) is 20.4 Å². The van der Waals surface area contributed by atoms with Gasteiger partial charge in [0, 0.05) is 25.5 Å². The molecule has 4 rings (SSSR count). The molecule has 2 aromatic heterocycles. The number of aromatic nitrogens is 2. The molecule has 0 fully saturated rings. The van der Waals surface area contributed by atoms with Crippen molar-refractivity contribution in [3.05, 3.63) is 52.9 Å². The highest BCUT2D eigenvalue weighted by atomic mass is 32.1. The van der Waals surface area contributed by atoms with Gasteiger partial charge in [0.05, 0.1) is 23.6 Å². The number of aromatic hydroxyl groups is 1. The Labute approximate surface area is 201 Å².